The molecule has 2 bridgehead atoms. The molecule has 142 valence electrons. The Morgan fingerprint density at radius 3 is 2.71 bits per heavy atom. The third-order valence-electron chi connectivity index (χ3n) is 5.86. The molecule has 0 saturated carbocycles. The van der Waals surface area contributed by atoms with Crippen LogP contribution in [0.5, 0.6) is 0 Å². The molecule has 1 N–H and O–H groups in total. The molecule has 3 fully saturated rings. The second-order valence-corrected chi connectivity index (χ2v) is 8.80. The van der Waals surface area contributed by atoms with Crippen molar-refractivity contribution < 1.29 is 4.79 Å². The van der Waals surface area contributed by atoms with E-state index in [1.165, 1.54) is 17.4 Å². The topological polar surface area (TPSA) is 35.6 Å². The summed E-state index contributed by atoms with van der Waals surface area (Å²) >= 11 is 1.69. The van der Waals surface area contributed by atoms with Crippen LogP contribution >= 0.6 is 11.3 Å². The molecule has 0 aliphatic carbocycles. The number of carbonyl (C=O) groups excluding carboxylic acids is 1. The van der Waals surface area contributed by atoms with Gasteiger partial charge in [0.2, 0.25) is 0 Å². The summed E-state index contributed by atoms with van der Waals surface area (Å²) in [6.07, 6.45) is 7.93. The number of piperidine rings is 3. The number of hydrogen-bond acceptors (Lipinski definition) is 3. The SMILES string of the molecule is O=C(NC1CC2CCN1CC2)N1C=c2cc(C#Cc3ccccc3)sc2=CC1. The third-order valence-corrected chi connectivity index (χ3v) is 6.92. The highest BCUT2D eigenvalue weighted by molar-refractivity contribution is 7.10. The summed E-state index contributed by atoms with van der Waals surface area (Å²) in [7, 11) is 0. The van der Waals surface area contributed by atoms with Crippen LogP contribution in [0.1, 0.15) is 29.7 Å². The molecular formula is C23H23N3OS. The number of rotatable bonds is 1. The van der Waals surface area contributed by atoms with E-state index in [1.54, 1.807) is 16.2 Å². The van der Waals surface area contributed by atoms with Crippen LogP contribution in [0.3, 0.4) is 0 Å². The Kier molecular flexibility index (Phi) is 4.67. The maximum Gasteiger partial charge on any atom is 0.322 e. The minimum absolute atomic E-state index is 0.00238. The quantitative estimate of drug-likeness (QED) is 0.759. The molecule has 28 heavy (non-hydrogen) atoms. The van der Waals surface area contributed by atoms with E-state index in [1.807, 2.05) is 36.5 Å². The van der Waals surface area contributed by atoms with Crippen molar-refractivity contribution in [1.82, 2.24) is 15.1 Å². The van der Waals surface area contributed by atoms with E-state index in [-0.39, 0.29) is 12.2 Å². The number of nitrogens with one attached hydrogen (secondary N) is 1. The van der Waals surface area contributed by atoms with Crippen molar-refractivity contribution in [2.75, 3.05) is 19.6 Å². The summed E-state index contributed by atoms with van der Waals surface area (Å²) in [5.74, 6) is 7.24. The number of hydrogen-bond donors (Lipinski definition) is 1. The van der Waals surface area contributed by atoms with Gasteiger partial charge in [-0.2, -0.15) is 0 Å². The first kappa shape index (κ1) is 17.5. The van der Waals surface area contributed by atoms with Crippen molar-refractivity contribution in [3.8, 4) is 11.8 Å². The van der Waals surface area contributed by atoms with Gasteiger partial charge in [0, 0.05) is 41.1 Å². The molecule has 2 amide bonds. The first-order chi connectivity index (χ1) is 13.7. The van der Waals surface area contributed by atoms with Crippen LogP contribution in [0.4, 0.5) is 4.79 Å². The van der Waals surface area contributed by atoms with E-state index in [0.29, 0.717) is 6.54 Å². The number of carbonyl (C=O) groups is 1. The van der Waals surface area contributed by atoms with Gasteiger partial charge in [-0.05, 0) is 49.5 Å². The highest BCUT2D eigenvalue weighted by Gasteiger charge is 2.34. The standard InChI is InChI=1S/C23H23N3OS/c27-23(24-22-14-18-8-11-25(22)12-9-18)26-13-10-21-19(16-26)15-20(28-21)7-6-17-4-2-1-3-5-17/h1-5,10,15-16,18,22H,8-9,11-14H2,(H,24,27). The summed E-state index contributed by atoms with van der Waals surface area (Å²) in [5.41, 5.74) is 1.01. The predicted molar refractivity (Wildman–Crippen MR) is 113 cm³/mol. The van der Waals surface area contributed by atoms with Crippen molar-refractivity contribution in [3.05, 3.63) is 56.6 Å². The average molecular weight is 390 g/mol. The maximum atomic E-state index is 12.8. The molecule has 1 aromatic carbocycles. The second-order valence-electron chi connectivity index (χ2n) is 7.71. The molecule has 2 aromatic rings. The van der Waals surface area contributed by atoms with Gasteiger partial charge < -0.3 is 5.32 Å². The number of urea groups is 1. The monoisotopic (exact) mass is 389 g/mol. The minimum Gasteiger partial charge on any atom is -0.322 e. The summed E-state index contributed by atoms with van der Waals surface area (Å²) in [5, 5.41) is 4.32. The van der Waals surface area contributed by atoms with Crippen LogP contribution in [0.2, 0.25) is 0 Å². The van der Waals surface area contributed by atoms with Gasteiger partial charge in [-0.1, -0.05) is 30.0 Å². The largest absolute Gasteiger partial charge is 0.322 e. The van der Waals surface area contributed by atoms with E-state index in [9.17, 15) is 4.79 Å². The predicted octanol–water partition coefficient (Wildman–Crippen LogP) is 2.13. The average Bonchev–Trinajstić information content (AvgIpc) is 3.16. The van der Waals surface area contributed by atoms with E-state index in [2.05, 4.69) is 34.2 Å². The fraction of sp³-hybridized carbons (Fsp3) is 0.348. The first-order valence-electron chi connectivity index (χ1n) is 9.95. The van der Waals surface area contributed by atoms with E-state index in [4.69, 9.17) is 0 Å². The van der Waals surface area contributed by atoms with Crippen LogP contribution in [0, 0.1) is 17.8 Å². The zero-order chi connectivity index (χ0) is 18.9. The van der Waals surface area contributed by atoms with Crippen molar-refractivity contribution >= 4 is 29.6 Å². The van der Waals surface area contributed by atoms with Gasteiger partial charge in [0.25, 0.3) is 0 Å². The normalized spacial score (nSPS) is 25.0. The number of amides is 2. The molecule has 0 spiro atoms. The van der Waals surface area contributed by atoms with Crippen molar-refractivity contribution in [1.29, 1.82) is 0 Å². The van der Waals surface area contributed by atoms with E-state index in [0.717, 1.165) is 41.1 Å². The molecule has 5 heteroatoms. The lowest BCUT2D eigenvalue weighted by Gasteiger charge is -2.45. The Morgan fingerprint density at radius 1 is 1.14 bits per heavy atom. The Balaban J connectivity index is 1.30. The fourth-order valence-electron chi connectivity index (χ4n) is 4.28. The number of benzene rings is 1. The Morgan fingerprint density at radius 2 is 1.96 bits per heavy atom. The van der Waals surface area contributed by atoms with Crippen molar-refractivity contribution in [2.24, 2.45) is 5.92 Å². The number of thiophene rings is 1. The molecule has 4 aliphatic heterocycles. The van der Waals surface area contributed by atoms with E-state index >= 15 is 0 Å². The number of fused-ring (bicyclic) bond motifs is 4. The number of nitrogens with zero attached hydrogens (tertiary/aromatic N) is 2. The molecule has 0 radical (unpaired) electrons. The van der Waals surface area contributed by atoms with Crippen LogP contribution in [0.25, 0.3) is 12.3 Å². The molecule has 6 rings (SSSR count). The first-order valence-corrected chi connectivity index (χ1v) is 10.8. The van der Waals surface area contributed by atoms with Gasteiger partial charge >= 0.3 is 6.03 Å². The Labute approximate surface area is 169 Å². The zero-order valence-electron chi connectivity index (χ0n) is 15.7. The second kappa shape index (κ2) is 7.46. The lowest BCUT2D eigenvalue weighted by atomic mass is 9.86. The highest BCUT2D eigenvalue weighted by atomic mass is 32.1. The summed E-state index contributed by atoms with van der Waals surface area (Å²) in [4.78, 5) is 18.0. The lowest BCUT2D eigenvalue weighted by Crippen LogP contribution is -2.58. The van der Waals surface area contributed by atoms with Crippen LogP contribution < -0.4 is 15.1 Å². The van der Waals surface area contributed by atoms with Crippen molar-refractivity contribution in [3.63, 3.8) is 0 Å². The van der Waals surface area contributed by atoms with Gasteiger partial charge in [-0.15, -0.1) is 11.3 Å². The van der Waals surface area contributed by atoms with Crippen LogP contribution in [-0.2, 0) is 0 Å². The van der Waals surface area contributed by atoms with E-state index < -0.39 is 0 Å². The molecule has 1 aromatic heterocycles. The molecule has 1 atom stereocenters. The van der Waals surface area contributed by atoms with Gasteiger partial charge in [-0.3, -0.25) is 9.80 Å². The Bertz CT molecular complexity index is 1050. The molecule has 4 aliphatic rings. The zero-order valence-corrected chi connectivity index (χ0v) is 16.5. The van der Waals surface area contributed by atoms with Gasteiger partial charge in [0.05, 0.1) is 11.0 Å². The lowest BCUT2D eigenvalue weighted by molar-refractivity contribution is 0.0356. The fourth-order valence-corrected chi connectivity index (χ4v) is 5.19. The molecule has 5 heterocycles. The van der Waals surface area contributed by atoms with Gasteiger partial charge in [0.1, 0.15) is 0 Å². The van der Waals surface area contributed by atoms with Crippen molar-refractivity contribution in [2.45, 2.75) is 25.4 Å². The Hall–Kier alpha value is -2.55. The van der Waals surface area contributed by atoms with Gasteiger partial charge in [0.15, 0.2) is 0 Å². The molecule has 4 nitrogen and oxygen atoms in total. The maximum absolute atomic E-state index is 12.8. The van der Waals surface area contributed by atoms with Crippen LogP contribution in [-0.4, -0.2) is 41.6 Å². The van der Waals surface area contributed by atoms with Crippen LogP contribution in [0.15, 0.2) is 36.4 Å². The molecule has 1 unspecified atom stereocenters. The molecule has 3 saturated heterocycles. The highest BCUT2D eigenvalue weighted by Crippen LogP contribution is 2.30. The van der Waals surface area contributed by atoms with Gasteiger partial charge in [-0.25, -0.2) is 4.79 Å². The molecular weight excluding hydrogens is 366 g/mol. The summed E-state index contributed by atoms with van der Waals surface area (Å²) in [6.45, 7) is 2.84. The minimum atomic E-state index is 0.00238. The third kappa shape index (κ3) is 3.58. The summed E-state index contributed by atoms with van der Waals surface area (Å²) < 4.78 is 1.20. The summed E-state index contributed by atoms with van der Waals surface area (Å²) in [6, 6.07) is 12.1. The smallest absolute Gasteiger partial charge is 0.322 e.